The van der Waals surface area contributed by atoms with Crippen LogP contribution in [-0.2, 0) is 13.1 Å². The fourth-order valence-corrected chi connectivity index (χ4v) is 3.66. The minimum absolute atomic E-state index is 0.0854. The highest BCUT2D eigenvalue weighted by Gasteiger charge is 2.27. The topological polar surface area (TPSA) is 60.0 Å². The molecule has 0 aromatic carbocycles. The van der Waals surface area contributed by atoms with Gasteiger partial charge in [0.2, 0.25) is 5.89 Å². The first-order valence-corrected chi connectivity index (χ1v) is 8.65. The second kappa shape index (κ2) is 5.58. The van der Waals surface area contributed by atoms with E-state index in [0.717, 1.165) is 36.0 Å². The molecular weight excluding hydrogens is 310 g/mol. The van der Waals surface area contributed by atoms with Crippen LogP contribution in [0.5, 0.6) is 0 Å². The molecule has 0 saturated heterocycles. The van der Waals surface area contributed by atoms with Crippen LogP contribution in [0.3, 0.4) is 0 Å². The largest absolute Gasteiger partial charge is 0.418 e. The molecule has 4 heterocycles. The highest BCUT2D eigenvalue weighted by Crippen LogP contribution is 2.29. The number of nitrogens with zero attached hydrogens (tertiary/aromatic N) is 5. The van der Waals surface area contributed by atoms with Gasteiger partial charge in [0.15, 0.2) is 0 Å². The molecule has 0 saturated carbocycles. The van der Waals surface area contributed by atoms with E-state index in [9.17, 15) is 0 Å². The molecule has 4 rings (SSSR count). The van der Waals surface area contributed by atoms with Crippen molar-refractivity contribution >= 4 is 11.3 Å². The van der Waals surface area contributed by atoms with E-state index in [2.05, 4.69) is 45.4 Å². The van der Waals surface area contributed by atoms with Gasteiger partial charge in [0.05, 0.1) is 23.2 Å². The van der Waals surface area contributed by atoms with Crippen LogP contribution >= 0.6 is 11.3 Å². The molecule has 0 fully saturated rings. The van der Waals surface area contributed by atoms with E-state index < -0.39 is 0 Å². The van der Waals surface area contributed by atoms with Crippen LogP contribution in [0, 0.1) is 13.8 Å². The molecule has 23 heavy (non-hydrogen) atoms. The summed E-state index contributed by atoms with van der Waals surface area (Å²) in [4.78, 5) is 8.03. The summed E-state index contributed by atoms with van der Waals surface area (Å²) in [6.07, 6.45) is 0. The van der Waals surface area contributed by atoms with E-state index in [1.165, 1.54) is 5.69 Å². The van der Waals surface area contributed by atoms with Crippen LogP contribution < -0.4 is 0 Å². The van der Waals surface area contributed by atoms with E-state index in [1.54, 1.807) is 11.3 Å². The maximum absolute atomic E-state index is 5.88. The third-order valence-corrected chi connectivity index (χ3v) is 5.43. The second-order valence-corrected chi connectivity index (χ2v) is 6.87. The number of aromatic nitrogens is 4. The van der Waals surface area contributed by atoms with Crippen LogP contribution in [0.4, 0.5) is 0 Å². The molecule has 0 unspecified atom stereocenters. The Balaban J connectivity index is 1.55. The highest BCUT2D eigenvalue weighted by atomic mass is 32.1. The fraction of sp³-hybridized carbons (Fsp3) is 0.438. The summed E-state index contributed by atoms with van der Waals surface area (Å²) < 4.78 is 8.19. The predicted octanol–water partition coefficient (Wildman–Crippen LogP) is 3.19. The van der Waals surface area contributed by atoms with Gasteiger partial charge < -0.3 is 8.98 Å². The van der Waals surface area contributed by atoms with Crippen LogP contribution in [0.1, 0.15) is 36.1 Å². The van der Waals surface area contributed by atoms with E-state index in [0.29, 0.717) is 11.8 Å². The molecule has 1 aliphatic rings. The molecule has 1 atom stereocenters. The molecule has 0 aliphatic carbocycles. The minimum Gasteiger partial charge on any atom is -0.418 e. The molecule has 1 aliphatic heterocycles. The van der Waals surface area contributed by atoms with Crippen molar-refractivity contribution in [2.24, 2.45) is 0 Å². The number of hydrogen-bond donors (Lipinski definition) is 0. The molecule has 120 valence electrons. The molecule has 6 nitrogen and oxygen atoms in total. The van der Waals surface area contributed by atoms with E-state index in [1.807, 2.05) is 17.5 Å². The molecule has 0 N–H and O–H groups in total. The van der Waals surface area contributed by atoms with Gasteiger partial charge in [-0.15, -0.1) is 21.5 Å². The third kappa shape index (κ3) is 2.49. The van der Waals surface area contributed by atoms with Crippen molar-refractivity contribution in [2.45, 2.75) is 39.9 Å². The number of thiophene rings is 1. The lowest BCUT2D eigenvalue weighted by Crippen LogP contribution is -2.36. The summed E-state index contributed by atoms with van der Waals surface area (Å²) in [7, 11) is 0. The second-order valence-electron chi connectivity index (χ2n) is 5.92. The van der Waals surface area contributed by atoms with Gasteiger partial charge in [0.25, 0.3) is 5.89 Å². The average Bonchev–Trinajstić information content (AvgIpc) is 3.27. The van der Waals surface area contributed by atoms with Crippen molar-refractivity contribution in [1.29, 1.82) is 0 Å². The molecule has 3 aromatic rings. The average molecular weight is 329 g/mol. The minimum atomic E-state index is 0.0854. The van der Waals surface area contributed by atoms with Crippen LogP contribution in [-0.4, -0.2) is 31.2 Å². The lowest BCUT2D eigenvalue weighted by molar-refractivity contribution is 0.142. The molecule has 0 amide bonds. The standard InChI is InChI=1S/C16H19N5OS/c1-10-11(2)21-7-6-20(9-14(21)17-10)12(3)15-18-19-16(22-15)13-5-4-8-23-13/h4-5,8,12H,6-7,9H2,1-3H3/t12-/m1/s1. The maximum atomic E-state index is 5.88. The molecular formula is C16H19N5OS. The summed E-state index contributed by atoms with van der Waals surface area (Å²) in [6.45, 7) is 9.05. The first-order chi connectivity index (χ1) is 11.1. The summed E-state index contributed by atoms with van der Waals surface area (Å²) >= 11 is 1.61. The van der Waals surface area contributed by atoms with Crippen molar-refractivity contribution < 1.29 is 4.42 Å². The van der Waals surface area contributed by atoms with Gasteiger partial charge in [-0.2, -0.15) is 0 Å². The molecule has 7 heteroatoms. The number of imidazole rings is 1. The van der Waals surface area contributed by atoms with Gasteiger partial charge in [-0.05, 0) is 32.2 Å². The third-order valence-electron chi connectivity index (χ3n) is 4.57. The Morgan fingerprint density at radius 1 is 1.26 bits per heavy atom. The number of hydrogen-bond acceptors (Lipinski definition) is 6. The Morgan fingerprint density at radius 3 is 2.91 bits per heavy atom. The van der Waals surface area contributed by atoms with E-state index in [-0.39, 0.29) is 6.04 Å². The Hall–Kier alpha value is -1.99. The monoisotopic (exact) mass is 329 g/mol. The van der Waals surface area contributed by atoms with Gasteiger partial charge >= 0.3 is 0 Å². The quantitative estimate of drug-likeness (QED) is 0.738. The summed E-state index contributed by atoms with van der Waals surface area (Å²) in [5.41, 5.74) is 2.39. The van der Waals surface area contributed by atoms with Gasteiger partial charge in [-0.3, -0.25) is 4.90 Å². The Labute approximate surface area is 138 Å². The number of fused-ring (bicyclic) bond motifs is 1. The van der Waals surface area contributed by atoms with E-state index >= 15 is 0 Å². The lowest BCUT2D eigenvalue weighted by atomic mass is 10.2. The SMILES string of the molecule is Cc1nc2n(c1C)CCN([C@H](C)c1nnc(-c3cccs3)o1)C2. The molecule has 0 spiro atoms. The highest BCUT2D eigenvalue weighted by molar-refractivity contribution is 7.13. The summed E-state index contributed by atoms with van der Waals surface area (Å²) in [6, 6.07) is 4.07. The van der Waals surface area contributed by atoms with Gasteiger partial charge in [-0.25, -0.2) is 4.98 Å². The number of rotatable bonds is 3. The van der Waals surface area contributed by atoms with Crippen LogP contribution in [0.25, 0.3) is 10.8 Å². The summed E-state index contributed by atoms with van der Waals surface area (Å²) in [5, 5.41) is 10.4. The molecule has 0 radical (unpaired) electrons. The van der Waals surface area contributed by atoms with E-state index in [4.69, 9.17) is 4.42 Å². The van der Waals surface area contributed by atoms with Gasteiger partial charge in [-0.1, -0.05) is 6.07 Å². The fourth-order valence-electron chi connectivity index (χ4n) is 3.02. The van der Waals surface area contributed by atoms with Crippen molar-refractivity contribution in [2.75, 3.05) is 6.54 Å². The zero-order valence-electron chi connectivity index (χ0n) is 13.5. The first-order valence-electron chi connectivity index (χ1n) is 7.77. The first kappa shape index (κ1) is 14.6. The Morgan fingerprint density at radius 2 is 2.13 bits per heavy atom. The normalized spacial score (nSPS) is 16.5. The predicted molar refractivity (Wildman–Crippen MR) is 88.1 cm³/mol. The Bertz CT molecular complexity index is 820. The zero-order valence-corrected chi connectivity index (χ0v) is 14.3. The molecule has 3 aromatic heterocycles. The number of aryl methyl sites for hydroxylation is 1. The lowest BCUT2D eigenvalue weighted by Gasteiger charge is -2.31. The van der Waals surface area contributed by atoms with Crippen LogP contribution in [0.2, 0.25) is 0 Å². The Kier molecular flexibility index (Phi) is 3.54. The van der Waals surface area contributed by atoms with Crippen molar-refractivity contribution in [3.63, 3.8) is 0 Å². The van der Waals surface area contributed by atoms with Crippen LogP contribution in [0.15, 0.2) is 21.9 Å². The zero-order chi connectivity index (χ0) is 16.0. The van der Waals surface area contributed by atoms with Gasteiger partial charge in [0.1, 0.15) is 5.82 Å². The van der Waals surface area contributed by atoms with Gasteiger partial charge in [0, 0.05) is 18.8 Å². The van der Waals surface area contributed by atoms with Crippen molar-refractivity contribution in [1.82, 2.24) is 24.6 Å². The maximum Gasteiger partial charge on any atom is 0.257 e. The smallest absolute Gasteiger partial charge is 0.257 e. The van der Waals surface area contributed by atoms with Crippen molar-refractivity contribution in [3.05, 3.63) is 40.6 Å². The molecule has 0 bridgehead atoms. The van der Waals surface area contributed by atoms with Crippen molar-refractivity contribution in [3.8, 4) is 10.8 Å². The summed E-state index contributed by atoms with van der Waals surface area (Å²) in [5.74, 6) is 2.39.